The summed E-state index contributed by atoms with van der Waals surface area (Å²) in [6.07, 6.45) is 8.84. The van der Waals surface area contributed by atoms with Gasteiger partial charge in [0.2, 0.25) is 0 Å². The number of rotatable bonds is 9. The summed E-state index contributed by atoms with van der Waals surface area (Å²) in [6, 6.07) is 6.38. The Bertz CT molecular complexity index is 383. The summed E-state index contributed by atoms with van der Waals surface area (Å²) in [6.45, 7) is 5.89. The van der Waals surface area contributed by atoms with Crippen LogP contribution < -0.4 is 4.74 Å². The molecule has 0 amide bonds. The van der Waals surface area contributed by atoms with Crippen LogP contribution in [0.3, 0.4) is 0 Å². The molecular weight excluding hydrogens is 236 g/mol. The molecule has 0 spiro atoms. The predicted octanol–water partition coefficient (Wildman–Crippen LogP) is 4.48. The average Bonchev–Trinajstić information content (AvgIpc) is 2.46. The van der Waals surface area contributed by atoms with Crippen LogP contribution in [-0.4, -0.2) is 20.3 Å². The summed E-state index contributed by atoms with van der Waals surface area (Å²) in [5, 5.41) is 0. The lowest BCUT2D eigenvalue weighted by molar-refractivity contribution is 0.143. The lowest BCUT2D eigenvalue weighted by Gasteiger charge is -2.06. The molecule has 0 unspecified atom stereocenters. The minimum absolute atomic E-state index is 0.816. The van der Waals surface area contributed by atoms with Crippen molar-refractivity contribution in [3.63, 3.8) is 0 Å². The molecule has 106 valence electrons. The number of allylic oxidation sites excluding steroid dienone is 1. The zero-order chi connectivity index (χ0) is 13.9. The molecule has 0 aliphatic carbocycles. The zero-order valence-corrected chi connectivity index (χ0v) is 12.4. The van der Waals surface area contributed by atoms with E-state index in [-0.39, 0.29) is 0 Å². The third-order valence-corrected chi connectivity index (χ3v) is 3.11. The Kier molecular flexibility index (Phi) is 7.99. The van der Waals surface area contributed by atoms with Crippen molar-refractivity contribution in [2.24, 2.45) is 0 Å². The third-order valence-electron chi connectivity index (χ3n) is 3.11. The van der Waals surface area contributed by atoms with E-state index in [4.69, 9.17) is 9.47 Å². The van der Waals surface area contributed by atoms with E-state index >= 15 is 0 Å². The molecule has 0 aliphatic rings. The first-order chi connectivity index (χ1) is 9.31. The molecule has 0 fully saturated rings. The molecule has 0 aliphatic heterocycles. The zero-order valence-electron chi connectivity index (χ0n) is 12.4. The van der Waals surface area contributed by atoms with Crippen LogP contribution >= 0.6 is 0 Å². The quantitative estimate of drug-likeness (QED) is 0.611. The standard InChI is InChI=1S/C17H26O2/c1-4-15-11-12-17(18-3)16(14-15)10-8-6-7-9-13-19-5-2/h8,10-12,14H,4-7,9,13H2,1-3H3/b10-8+. The van der Waals surface area contributed by atoms with Crippen LogP contribution in [0.4, 0.5) is 0 Å². The van der Waals surface area contributed by atoms with E-state index in [0.29, 0.717) is 0 Å². The Labute approximate surface area is 117 Å². The van der Waals surface area contributed by atoms with Crippen molar-refractivity contribution in [1.82, 2.24) is 0 Å². The number of hydrogen-bond donors (Lipinski definition) is 0. The highest BCUT2D eigenvalue weighted by atomic mass is 16.5. The van der Waals surface area contributed by atoms with E-state index in [0.717, 1.165) is 38.2 Å². The monoisotopic (exact) mass is 262 g/mol. The van der Waals surface area contributed by atoms with Crippen molar-refractivity contribution in [2.45, 2.75) is 39.5 Å². The molecule has 2 heteroatoms. The Balaban J connectivity index is 2.46. The van der Waals surface area contributed by atoms with Gasteiger partial charge in [-0.25, -0.2) is 0 Å². The molecule has 19 heavy (non-hydrogen) atoms. The van der Waals surface area contributed by atoms with E-state index in [1.165, 1.54) is 17.5 Å². The lowest BCUT2D eigenvalue weighted by Crippen LogP contribution is -1.92. The summed E-state index contributed by atoms with van der Waals surface area (Å²) in [4.78, 5) is 0. The van der Waals surface area contributed by atoms with Crippen LogP contribution in [0, 0.1) is 0 Å². The molecule has 0 bridgehead atoms. The first-order valence-electron chi connectivity index (χ1n) is 7.23. The molecule has 0 radical (unpaired) electrons. The van der Waals surface area contributed by atoms with E-state index in [1.807, 2.05) is 13.0 Å². The molecule has 1 aromatic rings. The van der Waals surface area contributed by atoms with Crippen LogP contribution in [0.2, 0.25) is 0 Å². The Morgan fingerprint density at radius 3 is 2.68 bits per heavy atom. The molecule has 0 N–H and O–H groups in total. The van der Waals surface area contributed by atoms with E-state index in [1.54, 1.807) is 7.11 Å². The molecular formula is C17H26O2. The first kappa shape index (κ1) is 15.8. The molecule has 1 rings (SSSR count). The molecule has 0 atom stereocenters. The van der Waals surface area contributed by atoms with Gasteiger partial charge >= 0.3 is 0 Å². The largest absolute Gasteiger partial charge is 0.496 e. The molecule has 0 heterocycles. The highest BCUT2D eigenvalue weighted by Gasteiger charge is 2.00. The molecule has 0 saturated heterocycles. The Hall–Kier alpha value is -1.28. The number of hydrogen-bond acceptors (Lipinski definition) is 2. The van der Waals surface area contributed by atoms with Gasteiger partial charge in [-0.05, 0) is 50.3 Å². The number of unbranched alkanes of at least 4 members (excludes halogenated alkanes) is 2. The fourth-order valence-electron chi connectivity index (χ4n) is 1.95. The maximum absolute atomic E-state index is 5.38. The minimum Gasteiger partial charge on any atom is -0.496 e. The van der Waals surface area contributed by atoms with Crippen LogP contribution in [0.15, 0.2) is 24.3 Å². The highest BCUT2D eigenvalue weighted by Crippen LogP contribution is 2.22. The topological polar surface area (TPSA) is 18.5 Å². The van der Waals surface area contributed by atoms with Gasteiger partial charge in [0.1, 0.15) is 5.75 Å². The number of benzene rings is 1. The SMILES string of the molecule is CCOCCCC/C=C/c1cc(CC)ccc1OC. The Morgan fingerprint density at radius 1 is 1.16 bits per heavy atom. The smallest absolute Gasteiger partial charge is 0.126 e. The van der Waals surface area contributed by atoms with Gasteiger partial charge in [-0.1, -0.05) is 25.1 Å². The van der Waals surface area contributed by atoms with Gasteiger partial charge in [-0.3, -0.25) is 0 Å². The van der Waals surface area contributed by atoms with Crippen molar-refractivity contribution in [2.75, 3.05) is 20.3 Å². The number of aryl methyl sites for hydroxylation is 1. The summed E-state index contributed by atoms with van der Waals surface area (Å²) in [5.41, 5.74) is 2.52. The van der Waals surface area contributed by atoms with Crippen LogP contribution in [0.25, 0.3) is 6.08 Å². The first-order valence-corrected chi connectivity index (χ1v) is 7.23. The summed E-state index contributed by atoms with van der Waals surface area (Å²) < 4.78 is 10.7. The van der Waals surface area contributed by atoms with Gasteiger partial charge in [0.15, 0.2) is 0 Å². The van der Waals surface area contributed by atoms with E-state index in [2.05, 4.69) is 31.2 Å². The number of methoxy groups -OCH3 is 1. The summed E-state index contributed by atoms with van der Waals surface area (Å²) in [7, 11) is 1.72. The Morgan fingerprint density at radius 2 is 2.00 bits per heavy atom. The maximum Gasteiger partial charge on any atom is 0.126 e. The molecule has 0 aromatic heterocycles. The van der Waals surface area contributed by atoms with Crippen molar-refractivity contribution < 1.29 is 9.47 Å². The normalized spacial score (nSPS) is 11.1. The third kappa shape index (κ3) is 5.93. The van der Waals surface area contributed by atoms with Gasteiger partial charge in [0, 0.05) is 18.8 Å². The van der Waals surface area contributed by atoms with Crippen LogP contribution in [-0.2, 0) is 11.2 Å². The van der Waals surface area contributed by atoms with Gasteiger partial charge < -0.3 is 9.47 Å². The van der Waals surface area contributed by atoms with Crippen molar-refractivity contribution in [1.29, 1.82) is 0 Å². The second kappa shape index (κ2) is 9.62. The summed E-state index contributed by atoms with van der Waals surface area (Å²) in [5.74, 6) is 0.947. The average molecular weight is 262 g/mol. The highest BCUT2D eigenvalue weighted by molar-refractivity contribution is 5.58. The van der Waals surface area contributed by atoms with Crippen LogP contribution in [0.1, 0.15) is 44.2 Å². The van der Waals surface area contributed by atoms with Gasteiger partial charge in [-0.2, -0.15) is 0 Å². The fraction of sp³-hybridized carbons (Fsp3) is 0.529. The molecule has 1 aromatic carbocycles. The van der Waals surface area contributed by atoms with Gasteiger partial charge in [0.25, 0.3) is 0 Å². The second-order valence-corrected chi connectivity index (χ2v) is 4.52. The molecule has 0 saturated carbocycles. The van der Waals surface area contributed by atoms with Gasteiger partial charge in [0.05, 0.1) is 7.11 Å². The van der Waals surface area contributed by atoms with Crippen molar-refractivity contribution in [3.8, 4) is 5.75 Å². The summed E-state index contributed by atoms with van der Waals surface area (Å²) >= 11 is 0. The van der Waals surface area contributed by atoms with E-state index in [9.17, 15) is 0 Å². The van der Waals surface area contributed by atoms with E-state index < -0.39 is 0 Å². The minimum atomic E-state index is 0.816. The van der Waals surface area contributed by atoms with Crippen molar-refractivity contribution in [3.05, 3.63) is 35.4 Å². The fourth-order valence-corrected chi connectivity index (χ4v) is 1.95. The number of ether oxygens (including phenoxy) is 2. The van der Waals surface area contributed by atoms with Crippen molar-refractivity contribution >= 4 is 6.08 Å². The lowest BCUT2D eigenvalue weighted by atomic mass is 10.1. The van der Waals surface area contributed by atoms with Crippen LogP contribution in [0.5, 0.6) is 5.75 Å². The second-order valence-electron chi connectivity index (χ2n) is 4.52. The predicted molar refractivity (Wildman–Crippen MR) is 81.8 cm³/mol. The van der Waals surface area contributed by atoms with Gasteiger partial charge in [-0.15, -0.1) is 0 Å². The maximum atomic E-state index is 5.38. The molecule has 2 nitrogen and oxygen atoms in total.